The summed E-state index contributed by atoms with van der Waals surface area (Å²) in [6.07, 6.45) is 11.0. The molecule has 0 atom stereocenters. The number of allylic oxidation sites excluding steroid dienone is 4. The van der Waals surface area contributed by atoms with Gasteiger partial charge in [0, 0.05) is 0 Å². The van der Waals surface area contributed by atoms with Crippen molar-refractivity contribution in [2.45, 2.75) is 26.7 Å². The van der Waals surface area contributed by atoms with Crippen LogP contribution in [0.15, 0.2) is 60.7 Å². The zero-order valence-electron chi connectivity index (χ0n) is 13.6. The van der Waals surface area contributed by atoms with Crippen LogP contribution in [0, 0.1) is 12.1 Å². The van der Waals surface area contributed by atoms with Crippen molar-refractivity contribution in [3.63, 3.8) is 0 Å². The van der Waals surface area contributed by atoms with Crippen LogP contribution in [0.1, 0.15) is 31.4 Å². The van der Waals surface area contributed by atoms with E-state index in [1.54, 1.807) is 24.2 Å². The second kappa shape index (κ2) is 10.7. The summed E-state index contributed by atoms with van der Waals surface area (Å²) in [5.41, 5.74) is 5.51. The molecule has 0 spiro atoms. The Balaban J connectivity index is 0.000000223. The Labute approximate surface area is 161 Å². The van der Waals surface area contributed by atoms with Crippen molar-refractivity contribution < 1.29 is 24.2 Å². The van der Waals surface area contributed by atoms with Gasteiger partial charge in [0.15, 0.2) is 0 Å². The van der Waals surface area contributed by atoms with E-state index in [9.17, 15) is 0 Å². The maximum absolute atomic E-state index is 3.30. The Hall–Kier alpha value is -1.04. The summed E-state index contributed by atoms with van der Waals surface area (Å²) in [5.74, 6) is 0. The van der Waals surface area contributed by atoms with E-state index in [4.69, 9.17) is 0 Å². The van der Waals surface area contributed by atoms with Crippen molar-refractivity contribution >= 4 is 15.6 Å². The third-order valence-corrected chi connectivity index (χ3v) is 3.20. The number of hydrogen-bond acceptors (Lipinski definition) is 0. The molecule has 0 aliphatic heterocycles. The molecule has 2 heteroatoms. The Morgan fingerprint density at radius 1 is 1.04 bits per heavy atom. The molecule has 0 radical (unpaired) electrons. The molecule has 23 heavy (non-hydrogen) atoms. The van der Waals surface area contributed by atoms with Gasteiger partial charge in [0.25, 0.3) is 0 Å². The number of hydrogen-bond donors (Lipinski definition) is 0. The molecule has 0 heterocycles. The van der Waals surface area contributed by atoms with Crippen molar-refractivity contribution in [2.24, 2.45) is 0 Å². The van der Waals surface area contributed by atoms with E-state index in [-0.39, 0.29) is 12.4 Å². The molecule has 2 aromatic rings. The minimum Gasteiger partial charge on any atom is -0.273 e. The van der Waals surface area contributed by atoms with Crippen LogP contribution < -0.4 is 0 Å². The largest absolute Gasteiger partial charge is 0.273 e. The molecule has 2 aliphatic carbocycles. The van der Waals surface area contributed by atoms with E-state index >= 15 is 0 Å². The molecular formula is C21H21ClZr. The van der Waals surface area contributed by atoms with Gasteiger partial charge in [-0.15, -0.1) is 24.4 Å². The van der Waals surface area contributed by atoms with Gasteiger partial charge in [-0.25, -0.2) is 12.2 Å². The predicted octanol–water partition coefficient (Wildman–Crippen LogP) is 5.53. The van der Waals surface area contributed by atoms with Crippen LogP contribution in [0.2, 0.25) is 0 Å². The quantitative estimate of drug-likeness (QED) is 0.436. The first-order valence-electron chi connectivity index (χ1n) is 7.50. The summed E-state index contributed by atoms with van der Waals surface area (Å²) in [7, 11) is 0. The zero-order chi connectivity index (χ0) is 15.8. The Morgan fingerprint density at radius 2 is 1.74 bits per heavy atom. The maximum Gasteiger partial charge on any atom is -0.0253 e. The van der Waals surface area contributed by atoms with Crippen molar-refractivity contribution in [3.05, 3.63) is 84.0 Å². The van der Waals surface area contributed by atoms with Gasteiger partial charge in [-0.3, -0.25) is 6.08 Å². The van der Waals surface area contributed by atoms with E-state index in [0.29, 0.717) is 0 Å². The van der Waals surface area contributed by atoms with Crippen molar-refractivity contribution in [1.29, 1.82) is 0 Å². The molecular weight excluding hydrogens is 379 g/mol. The second-order valence-corrected chi connectivity index (χ2v) is 7.86. The number of rotatable bonds is 0. The third-order valence-electron chi connectivity index (χ3n) is 3.20. The van der Waals surface area contributed by atoms with Crippen molar-refractivity contribution in [1.82, 2.24) is 0 Å². The number of fused-ring (bicyclic) bond motifs is 3. The van der Waals surface area contributed by atoms with Crippen LogP contribution >= 0.6 is 12.4 Å². The van der Waals surface area contributed by atoms with Crippen LogP contribution in [0.25, 0.3) is 11.1 Å². The Kier molecular flexibility index (Phi) is 9.29. The third kappa shape index (κ3) is 6.54. The van der Waals surface area contributed by atoms with Gasteiger partial charge in [0.1, 0.15) is 0 Å². The van der Waals surface area contributed by atoms with Gasteiger partial charge in [-0.1, -0.05) is 35.4 Å². The molecule has 0 saturated carbocycles. The average Bonchev–Trinajstić information content (AvgIpc) is 3.18. The van der Waals surface area contributed by atoms with Crippen LogP contribution in [-0.2, 0) is 30.7 Å². The van der Waals surface area contributed by atoms with Gasteiger partial charge in [-0.05, 0) is 6.42 Å². The van der Waals surface area contributed by atoms with Crippen LogP contribution in [0.3, 0.4) is 0 Å². The van der Waals surface area contributed by atoms with Crippen molar-refractivity contribution in [2.75, 3.05) is 0 Å². The Morgan fingerprint density at radius 3 is 2.35 bits per heavy atom. The van der Waals surface area contributed by atoms with Gasteiger partial charge < -0.3 is 0 Å². The molecule has 0 saturated heterocycles. The SMILES string of the molecule is C[C](C)=[Zr+2].Cl.[C-]1=CC=CC1.[c-]1cccc2c1Cc1ccccc1-2. The predicted molar refractivity (Wildman–Crippen MR) is 98.7 cm³/mol. The average molecular weight is 400 g/mol. The first-order chi connectivity index (χ1) is 10.7. The summed E-state index contributed by atoms with van der Waals surface area (Å²) >= 11 is 1.55. The molecule has 2 aromatic carbocycles. The first kappa shape index (κ1) is 20.0. The smallest absolute Gasteiger partial charge is 0.0253 e. The fourth-order valence-electron chi connectivity index (χ4n) is 2.34. The second-order valence-electron chi connectivity index (χ2n) is 5.40. The maximum atomic E-state index is 3.30. The van der Waals surface area contributed by atoms with Crippen LogP contribution in [0.5, 0.6) is 0 Å². The Bertz CT molecular complexity index is 641. The molecule has 0 nitrogen and oxygen atoms in total. The summed E-state index contributed by atoms with van der Waals surface area (Å²) in [6.45, 7) is 4.25. The summed E-state index contributed by atoms with van der Waals surface area (Å²) in [6, 6.07) is 18.1. The normalized spacial score (nSPS) is 12.0. The van der Waals surface area contributed by atoms with Gasteiger partial charge in [-0.2, -0.15) is 35.9 Å². The van der Waals surface area contributed by atoms with E-state index in [1.807, 2.05) is 18.2 Å². The van der Waals surface area contributed by atoms with Crippen LogP contribution in [0.4, 0.5) is 0 Å². The molecule has 0 unspecified atom stereocenters. The summed E-state index contributed by atoms with van der Waals surface area (Å²) in [5, 5.41) is 0. The monoisotopic (exact) mass is 398 g/mol. The van der Waals surface area contributed by atoms with Gasteiger partial charge >= 0.3 is 41.3 Å². The minimum absolute atomic E-state index is 0. The fraction of sp³-hybridized carbons (Fsp3) is 0.190. The van der Waals surface area contributed by atoms with Crippen molar-refractivity contribution in [3.8, 4) is 11.1 Å². The van der Waals surface area contributed by atoms with E-state index < -0.39 is 0 Å². The number of halogens is 1. The van der Waals surface area contributed by atoms with E-state index in [0.717, 1.165) is 12.8 Å². The molecule has 0 aromatic heterocycles. The summed E-state index contributed by atoms with van der Waals surface area (Å²) < 4.78 is 1.51. The standard InChI is InChI=1S/C13H9.C5H5.C3H6.ClH.Zr/c1-3-7-12-10(5-1)9-11-6-2-4-8-13(11)12;1-2-4-5-3-1;1-3-2;;/h1-5,7-8H,9H2;1-3H,4H2;1-2H3;1H;/q2*-1;;;+2. The molecule has 0 amide bonds. The minimum atomic E-state index is 0. The van der Waals surface area contributed by atoms with E-state index in [1.165, 1.54) is 25.5 Å². The molecule has 2 aliphatic rings. The topological polar surface area (TPSA) is 0 Å². The fourth-order valence-corrected chi connectivity index (χ4v) is 2.34. The number of benzene rings is 2. The molecule has 116 valence electrons. The molecule has 0 fully saturated rings. The molecule has 0 N–H and O–H groups in total. The van der Waals surface area contributed by atoms with Crippen LogP contribution in [-0.4, -0.2) is 3.21 Å². The van der Waals surface area contributed by atoms with Gasteiger partial charge in [0.05, 0.1) is 0 Å². The summed E-state index contributed by atoms with van der Waals surface area (Å²) in [4.78, 5) is 0. The first-order valence-corrected chi connectivity index (χ1v) is 8.72. The van der Waals surface area contributed by atoms with E-state index in [2.05, 4.69) is 68.5 Å². The molecule has 4 rings (SSSR count). The zero-order valence-corrected chi connectivity index (χ0v) is 16.9. The van der Waals surface area contributed by atoms with Gasteiger partial charge in [0.2, 0.25) is 0 Å². The molecule has 0 bridgehead atoms.